The second-order valence-electron chi connectivity index (χ2n) is 5.01. The standard InChI is InChI=1S/C14H20BrFN2O/c1-17-13(14-9-18(2)5-6-19-14)7-10-3-4-11(16)8-12(10)15/h3-4,8,13-14,17H,5-7,9H2,1-2H3. The molecule has 2 rings (SSSR count). The van der Waals surface area contributed by atoms with E-state index in [1.165, 1.54) is 12.1 Å². The lowest BCUT2D eigenvalue weighted by atomic mass is 10.00. The van der Waals surface area contributed by atoms with Gasteiger partial charge in [0.05, 0.1) is 12.7 Å². The van der Waals surface area contributed by atoms with Crippen molar-refractivity contribution in [3.8, 4) is 0 Å². The quantitative estimate of drug-likeness (QED) is 0.914. The Morgan fingerprint density at radius 1 is 1.58 bits per heavy atom. The third-order valence-corrected chi connectivity index (χ3v) is 4.31. The zero-order valence-corrected chi connectivity index (χ0v) is 12.9. The minimum atomic E-state index is -0.217. The molecule has 1 aliphatic rings. The van der Waals surface area contributed by atoms with Crippen LogP contribution in [-0.2, 0) is 11.2 Å². The van der Waals surface area contributed by atoms with E-state index in [1.54, 1.807) is 0 Å². The molecule has 0 bridgehead atoms. The Labute approximate surface area is 122 Å². The second-order valence-corrected chi connectivity index (χ2v) is 5.86. The van der Waals surface area contributed by atoms with Crippen LogP contribution in [-0.4, -0.2) is 50.8 Å². The molecule has 1 fully saturated rings. The molecular weight excluding hydrogens is 311 g/mol. The molecule has 0 spiro atoms. The molecule has 2 unspecified atom stereocenters. The summed E-state index contributed by atoms with van der Waals surface area (Å²) in [5, 5.41) is 3.32. The third kappa shape index (κ3) is 3.99. The fraction of sp³-hybridized carbons (Fsp3) is 0.571. The first-order valence-electron chi connectivity index (χ1n) is 6.51. The molecule has 1 saturated heterocycles. The van der Waals surface area contributed by atoms with Crippen molar-refractivity contribution < 1.29 is 9.13 Å². The smallest absolute Gasteiger partial charge is 0.124 e. The van der Waals surface area contributed by atoms with E-state index in [-0.39, 0.29) is 18.0 Å². The van der Waals surface area contributed by atoms with Gasteiger partial charge in [0.15, 0.2) is 0 Å². The highest BCUT2D eigenvalue weighted by molar-refractivity contribution is 9.10. The summed E-state index contributed by atoms with van der Waals surface area (Å²) in [4.78, 5) is 2.28. The Hall–Kier alpha value is -0.490. The van der Waals surface area contributed by atoms with Crippen LogP contribution in [0.3, 0.4) is 0 Å². The number of likely N-dealkylation sites (N-methyl/N-ethyl adjacent to an activating group) is 2. The first kappa shape index (κ1) is 14.9. The van der Waals surface area contributed by atoms with E-state index >= 15 is 0 Å². The van der Waals surface area contributed by atoms with Crippen LogP contribution >= 0.6 is 15.9 Å². The first-order valence-corrected chi connectivity index (χ1v) is 7.31. The van der Waals surface area contributed by atoms with Crippen LogP contribution in [0, 0.1) is 5.82 Å². The number of hydrogen-bond donors (Lipinski definition) is 1. The van der Waals surface area contributed by atoms with Crippen LogP contribution in [0.4, 0.5) is 4.39 Å². The van der Waals surface area contributed by atoms with Gasteiger partial charge in [-0.3, -0.25) is 0 Å². The Bertz CT molecular complexity index is 430. The van der Waals surface area contributed by atoms with Crippen molar-refractivity contribution in [1.29, 1.82) is 0 Å². The summed E-state index contributed by atoms with van der Waals surface area (Å²) >= 11 is 3.42. The van der Waals surface area contributed by atoms with Crippen LogP contribution in [0.15, 0.2) is 22.7 Å². The van der Waals surface area contributed by atoms with E-state index in [0.29, 0.717) is 0 Å². The lowest BCUT2D eigenvalue weighted by Gasteiger charge is -2.35. The number of benzene rings is 1. The van der Waals surface area contributed by atoms with Crippen LogP contribution < -0.4 is 5.32 Å². The van der Waals surface area contributed by atoms with Crippen LogP contribution in [0.1, 0.15) is 5.56 Å². The summed E-state index contributed by atoms with van der Waals surface area (Å²) in [5.74, 6) is -0.217. The molecule has 0 aromatic heterocycles. The molecule has 1 aliphatic heterocycles. The average Bonchev–Trinajstić information content (AvgIpc) is 2.38. The Kier molecular flexibility index (Phi) is 5.33. The Morgan fingerprint density at radius 2 is 2.37 bits per heavy atom. The number of nitrogens with one attached hydrogen (secondary N) is 1. The number of morpholine rings is 1. The maximum Gasteiger partial charge on any atom is 0.124 e. The fourth-order valence-electron chi connectivity index (χ4n) is 2.40. The van der Waals surface area contributed by atoms with Crippen molar-refractivity contribution in [1.82, 2.24) is 10.2 Å². The van der Waals surface area contributed by atoms with E-state index in [4.69, 9.17) is 4.74 Å². The van der Waals surface area contributed by atoms with Crippen LogP contribution in [0.2, 0.25) is 0 Å². The predicted octanol–water partition coefficient (Wildman–Crippen LogP) is 2.05. The van der Waals surface area contributed by atoms with Crippen molar-refractivity contribution in [3.63, 3.8) is 0 Å². The minimum absolute atomic E-state index is 0.167. The van der Waals surface area contributed by atoms with Crippen molar-refractivity contribution in [2.75, 3.05) is 33.8 Å². The topological polar surface area (TPSA) is 24.5 Å². The number of ether oxygens (including phenoxy) is 1. The maximum atomic E-state index is 13.1. The molecule has 5 heteroatoms. The van der Waals surface area contributed by atoms with E-state index in [1.807, 2.05) is 13.1 Å². The molecule has 19 heavy (non-hydrogen) atoms. The molecule has 1 aromatic rings. The molecule has 0 radical (unpaired) electrons. The summed E-state index contributed by atoms with van der Waals surface area (Å²) in [6, 6.07) is 5.07. The van der Waals surface area contributed by atoms with Crippen molar-refractivity contribution in [3.05, 3.63) is 34.1 Å². The van der Waals surface area contributed by atoms with Crippen molar-refractivity contribution in [2.24, 2.45) is 0 Å². The van der Waals surface area contributed by atoms with Gasteiger partial charge < -0.3 is 15.0 Å². The molecule has 0 amide bonds. The molecule has 106 valence electrons. The normalized spacial score (nSPS) is 22.4. The van der Waals surface area contributed by atoms with Crippen molar-refractivity contribution in [2.45, 2.75) is 18.6 Å². The SMILES string of the molecule is CNC(Cc1ccc(F)cc1Br)C1CN(C)CCO1. The fourth-order valence-corrected chi connectivity index (χ4v) is 2.91. The molecule has 1 aromatic carbocycles. The van der Waals surface area contributed by atoms with E-state index in [2.05, 4.69) is 33.2 Å². The average molecular weight is 331 g/mol. The third-order valence-electron chi connectivity index (χ3n) is 3.57. The largest absolute Gasteiger partial charge is 0.374 e. The molecule has 0 aliphatic carbocycles. The van der Waals surface area contributed by atoms with Gasteiger partial charge in [-0.2, -0.15) is 0 Å². The first-order chi connectivity index (χ1) is 9.10. The van der Waals surface area contributed by atoms with Crippen LogP contribution in [0.25, 0.3) is 0 Å². The van der Waals surface area contributed by atoms with Gasteiger partial charge in [-0.15, -0.1) is 0 Å². The van der Waals surface area contributed by atoms with E-state index in [9.17, 15) is 4.39 Å². The Morgan fingerprint density at radius 3 is 3.00 bits per heavy atom. The number of rotatable bonds is 4. The molecule has 0 saturated carbocycles. The highest BCUT2D eigenvalue weighted by Gasteiger charge is 2.26. The second kappa shape index (κ2) is 6.79. The summed E-state index contributed by atoms with van der Waals surface area (Å²) < 4.78 is 19.8. The lowest BCUT2D eigenvalue weighted by Crippen LogP contribution is -2.51. The van der Waals surface area contributed by atoms with E-state index in [0.717, 1.165) is 36.2 Å². The maximum absolute atomic E-state index is 13.1. The molecule has 3 nitrogen and oxygen atoms in total. The van der Waals surface area contributed by atoms with Gasteiger partial charge in [0.25, 0.3) is 0 Å². The highest BCUT2D eigenvalue weighted by atomic mass is 79.9. The van der Waals surface area contributed by atoms with Gasteiger partial charge in [0.2, 0.25) is 0 Å². The number of hydrogen-bond acceptors (Lipinski definition) is 3. The summed E-state index contributed by atoms with van der Waals surface area (Å²) in [7, 11) is 4.05. The zero-order valence-electron chi connectivity index (χ0n) is 11.3. The number of halogens is 2. The summed E-state index contributed by atoms with van der Waals surface area (Å²) in [5.41, 5.74) is 1.09. The van der Waals surface area contributed by atoms with Crippen LogP contribution in [0.5, 0.6) is 0 Å². The van der Waals surface area contributed by atoms with Gasteiger partial charge in [0, 0.05) is 23.6 Å². The molecule has 1 N–H and O–H groups in total. The van der Waals surface area contributed by atoms with Gasteiger partial charge in [-0.1, -0.05) is 22.0 Å². The minimum Gasteiger partial charge on any atom is -0.374 e. The summed E-state index contributed by atoms with van der Waals surface area (Å²) in [6.45, 7) is 2.67. The Balaban J connectivity index is 2.05. The zero-order chi connectivity index (χ0) is 13.8. The molecular formula is C14H20BrFN2O. The highest BCUT2D eigenvalue weighted by Crippen LogP contribution is 2.21. The van der Waals surface area contributed by atoms with Gasteiger partial charge in [0.1, 0.15) is 5.82 Å². The van der Waals surface area contributed by atoms with E-state index < -0.39 is 0 Å². The molecule has 2 atom stereocenters. The van der Waals surface area contributed by atoms with Crippen molar-refractivity contribution >= 4 is 15.9 Å². The predicted molar refractivity (Wildman–Crippen MR) is 77.9 cm³/mol. The number of nitrogens with zero attached hydrogens (tertiary/aromatic N) is 1. The monoisotopic (exact) mass is 330 g/mol. The summed E-state index contributed by atoms with van der Waals surface area (Å²) in [6.07, 6.45) is 0.983. The lowest BCUT2D eigenvalue weighted by molar-refractivity contribution is -0.0372. The van der Waals surface area contributed by atoms with Gasteiger partial charge in [-0.25, -0.2) is 4.39 Å². The van der Waals surface area contributed by atoms with Gasteiger partial charge >= 0.3 is 0 Å². The molecule has 1 heterocycles. The van der Waals surface area contributed by atoms with Gasteiger partial charge in [-0.05, 0) is 38.2 Å².